The minimum Gasteiger partial charge on any atom is -0.482 e. The van der Waals surface area contributed by atoms with Gasteiger partial charge in [-0.15, -0.1) is 0 Å². The number of likely N-dealkylation sites (N-methyl/N-ethyl adjacent to an activating group) is 1. The van der Waals surface area contributed by atoms with E-state index in [1.807, 2.05) is 19.9 Å². The first-order valence-corrected chi connectivity index (χ1v) is 10.5. The summed E-state index contributed by atoms with van der Waals surface area (Å²) in [6.45, 7) is 3.19. The van der Waals surface area contributed by atoms with E-state index in [1.54, 1.807) is 12.1 Å². The molecule has 0 bridgehead atoms. The molecule has 0 radical (unpaired) electrons. The summed E-state index contributed by atoms with van der Waals surface area (Å²) in [6.07, 6.45) is 0. The fourth-order valence-electron chi connectivity index (χ4n) is 2.98. The van der Waals surface area contributed by atoms with Gasteiger partial charge in [-0.3, -0.25) is 9.59 Å². The molecule has 3 rings (SSSR count). The average Bonchev–Trinajstić information content (AvgIpc) is 2.59. The van der Waals surface area contributed by atoms with E-state index in [-0.39, 0.29) is 28.2 Å². The second-order valence-corrected chi connectivity index (χ2v) is 9.22. The molecule has 0 aromatic heterocycles. The fourth-order valence-corrected chi connectivity index (χ4v) is 4.62. The van der Waals surface area contributed by atoms with E-state index < -0.39 is 22.5 Å². The molecule has 1 heterocycles. The smallest absolute Gasteiger partial charge is 0.262 e. The van der Waals surface area contributed by atoms with Crippen molar-refractivity contribution in [2.45, 2.75) is 18.7 Å². The molecule has 8 nitrogen and oxygen atoms in total. The number of nitrogens with zero attached hydrogens (tertiary/aromatic N) is 1. The van der Waals surface area contributed by atoms with Crippen molar-refractivity contribution in [1.82, 2.24) is 4.31 Å². The van der Waals surface area contributed by atoms with E-state index in [0.29, 0.717) is 11.4 Å². The van der Waals surface area contributed by atoms with E-state index >= 15 is 0 Å². The predicted octanol–water partition coefficient (Wildman–Crippen LogP) is 2.55. The van der Waals surface area contributed by atoms with Crippen LogP contribution in [0.5, 0.6) is 5.75 Å². The number of hydrogen-bond donors (Lipinski definition) is 2. The molecule has 0 saturated heterocycles. The van der Waals surface area contributed by atoms with Gasteiger partial charge in [-0.2, -0.15) is 4.31 Å². The molecule has 0 unspecified atom stereocenters. The standard InChI is InChI=1S/C19H20ClN3O5S/c1-11-4-12(2)6-13(5-11)21-18(24)9-23(3)29(26,27)17-8-16-15(7-14(17)20)22-19(25)10-28-16/h4-8H,9-10H2,1-3H3,(H,21,24)(H,22,25). The molecule has 0 spiro atoms. The first-order valence-electron chi connectivity index (χ1n) is 8.67. The van der Waals surface area contributed by atoms with Gasteiger partial charge >= 0.3 is 0 Å². The Labute approximate surface area is 173 Å². The van der Waals surface area contributed by atoms with Crippen molar-refractivity contribution >= 4 is 44.8 Å². The number of carbonyl (C=O) groups is 2. The number of aryl methyl sites for hydroxylation is 2. The molecule has 2 amide bonds. The molecule has 10 heteroatoms. The molecule has 29 heavy (non-hydrogen) atoms. The molecule has 0 aliphatic carbocycles. The van der Waals surface area contributed by atoms with Crippen molar-refractivity contribution in [2.24, 2.45) is 0 Å². The molecule has 0 atom stereocenters. The van der Waals surface area contributed by atoms with E-state index in [9.17, 15) is 18.0 Å². The Hall–Kier alpha value is -2.62. The van der Waals surface area contributed by atoms with Gasteiger partial charge in [-0.25, -0.2) is 8.42 Å². The van der Waals surface area contributed by atoms with Crippen LogP contribution in [0.1, 0.15) is 11.1 Å². The molecule has 2 N–H and O–H groups in total. The summed E-state index contributed by atoms with van der Waals surface area (Å²) in [6, 6.07) is 8.11. The van der Waals surface area contributed by atoms with Crippen molar-refractivity contribution in [1.29, 1.82) is 0 Å². The number of halogens is 1. The van der Waals surface area contributed by atoms with Gasteiger partial charge in [-0.1, -0.05) is 17.7 Å². The number of hydrogen-bond acceptors (Lipinski definition) is 5. The highest BCUT2D eigenvalue weighted by Gasteiger charge is 2.28. The van der Waals surface area contributed by atoms with Gasteiger partial charge in [0.2, 0.25) is 15.9 Å². The Bertz CT molecular complexity index is 1080. The lowest BCUT2D eigenvalue weighted by Gasteiger charge is -2.22. The second kappa shape index (κ2) is 8.02. The number of nitrogens with one attached hydrogen (secondary N) is 2. The number of ether oxygens (including phenoxy) is 1. The van der Waals surface area contributed by atoms with Gasteiger partial charge in [0.25, 0.3) is 5.91 Å². The quantitative estimate of drug-likeness (QED) is 0.747. The number of amides is 2. The van der Waals surface area contributed by atoms with Gasteiger partial charge in [0.05, 0.1) is 17.3 Å². The normalized spacial score (nSPS) is 13.5. The highest BCUT2D eigenvalue weighted by molar-refractivity contribution is 7.89. The van der Waals surface area contributed by atoms with Crippen LogP contribution in [0.2, 0.25) is 5.02 Å². The molecule has 0 fully saturated rings. The maximum absolute atomic E-state index is 12.9. The number of anilines is 2. The molecule has 2 aromatic rings. The van der Waals surface area contributed by atoms with Crippen LogP contribution in [0.3, 0.4) is 0 Å². The topological polar surface area (TPSA) is 105 Å². The van der Waals surface area contributed by atoms with Crippen molar-refractivity contribution in [3.63, 3.8) is 0 Å². The maximum atomic E-state index is 12.9. The van der Waals surface area contributed by atoms with Crippen LogP contribution in [-0.2, 0) is 19.6 Å². The van der Waals surface area contributed by atoms with Crippen LogP contribution < -0.4 is 15.4 Å². The van der Waals surface area contributed by atoms with Crippen molar-refractivity contribution in [2.75, 3.05) is 30.8 Å². The third kappa shape index (κ3) is 4.69. The van der Waals surface area contributed by atoms with Crippen molar-refractivity contribution in [3.05, 3.63) is 46.5 Å². The summed E-state index contributed by atoms with van der Waals surface area (Å²) in [5.74, 6) is -0.649. The van der Waals surface area contributed by atoms with Crippen LogP contribution in [0.4, 0.5) is 11.4 Å². The van der Waals surface area contributed by atoms with E-state index in [4.69, 9.17) is 16.3 Å². The summed E-state index contributed by atoms with van der Waals surface area (Å²) in [7, 11) is -2.79. The van der Waals surface area contributed by atoms with Crippen LogP contribution in [0.25, 0.3) is 0 Å². The third-order valence-corrected chi connectivity index (χ3v) is 6.49. The zero-order chi connectivity index (χ0) is 21.3. The van der Waals surface area contributed by atoms with E-state index in [0.717, 1.165) is 15.4 Å². The lowest BCUT2D eigenvalue weighted by atomic mass is 10.1. The number of benzene rings is 2. The molecular weight excluding hydrogens is 418 g/mol. The van der Waals surface area contributed by atoms with Crippen LogP contribution in [0, 0.1) is 13.8 Å². The van der Waals surface area contributed by atoms with Crippen LogP contribution in [0.15, 0.2) is 35.2 Å². The lowest BCUT2D eigenvalue weighted by molar-refractivity contribution is -0.118. The van der Waals surface area contributed by atoms with E-state index in [1.165, 1.54) is 19.2 Å². The monoisotopic (exact) mass is 437 g/mol. The molecule has 0 saturated carbocycles. The first-order chi connectivity index (χ1) is 13.6. The van der Waals surface area contributed by atoms with Gasteiger partial charge in [-0.05, 0) is 43.2 Å². The lowest BCUT2D eigenvalue weighted by Crippen LogP contribution is -2.35. The van der Waals surface area contributed by atoms with Crippen LogP contribution in [-0.4, -0.2) is 44.7 Å². The Kier molecular flexibility index (Phi) is 5.83. The molecule has 1 aliphatic heterocycles. The molecule has 154 valence electrons. The summed E-state index contributed by atoms with van der Waals surface area (Å²) < 4.78 is 32.0. The molecule has 2 aromatic carbocycles. The Morgan fingerprint density at radius 2 is 1.86 bits per heavy atom. The van der Waals surface area contributed by atoms with Crippen LogP contribution >= 0.6 is 11.6 Å². The number of fused-ring (bicyclic) bond motifs is 1. The Balaban J connectivity index is 1.78. The molecular formula is C19H20ClN3O5S. The van der Waals surface area contributed by atoms with Gasteiger partial charge in [0.1, 0.15) is 10.6 Å². The zero-order valence-corrected chi connectivity index (χ0v) is 17.6. The Morgan fingerprint density at radius 1 is 1.21 bits per heavy atom. The largest absolute Gasteiger partial charge is 0.482 e. The predicted molar refractivity (Wildman–Crippen MR) is 110 cm³/mol. The fraction of sp³-hybridized carbons (Fsp3) is 0.263. The van der Waals surface area contributed by atoms with Gasteiger partial charge < -0.3 is 15.4 Å². The number of carbonyl (C=O) groups excluding carboxylic acids is 2. The summed E-state index contributed by atoms with van der Waals surface area (Å²) >= 11 is 6.13. The van der Waals surface area contributed by atoms with Gasteiger partial charge in [0.15, 0.2) is 6.61 Å². The van der Waals surface area contributed by atoms with Crippen molar-refractivity contribution in [3.8, 4) is 5.75 Å². The summed E-state index contributed by atoms with van der Waals surface area (Å²) in [5, 5.41) is 5.17. The van der Waals surface area contributed by atoms with Crippen molar-refractivity contribution < 1.29 is 22.7 Å². The Morgan fingerprint density at radius 3 is 2.52 bits per heavy atom. The van der Waals surface area contributed by atoms with E-state index in [2.05, 4.69) is 10.6 Å². The first kappa shape index (κ1) is 21.1. The maximum Gasteiger partial charge on any atom is 0.262 e. The highest BCUT2D eigenvalue weighted by Crippen LogP contribution is 2.36. The number of rotatable bonds is 5. The highest BCUT2D eigenvalue weighted by atomic mass is 35.5. The zero-order valence-electron chi connectivity index (χ0n) is 16.1. The minimum absolute atomic E-state index is 0.0869. The average molecular weight is 438 g/mol. The SMILES string of the molecule is Cc1cc(C)cc(NC(=O)CN(C)S(=O)(=O)c2cc3c(cc2Cl)NC(=O)CO3)c1. The van der Waals surface area contributed by atoms with Gasteiger partial charge in [0, 0.05) is 18.8 Å². The molecule has 1 aliphatic rings. The third-order valence-electron chi connectivity index (χ3n) is 4.23. The summed E-state index contributed by atoms with van der Waals surface area (Å²) in [4.78, 5) is 23.5. The second-order valence-electron chi connectivity index (χ2n) is 6.80. The summed E-state index contributed by atoms with van der Waals surface area (Å²) in [5.41, 5.74) is 2.85. The number of sulfonamides is 1. The minimum atomic E-state index is -4.07.